The van der Waals surface area contributed by atoms with E-state index in [1.165, 1.54) is 4.68 Å². The Bertz CT molecular complexity index is 1050. The number of carbonyl (C=O) groups excluding carboxylic acids is 1. The molecule has 3 aromatic heterocycles. The van der Waals surface area contributed by atoms with E-state index >= 15 is 0 Å². The van der Waals surface area contributed by atoms with Crippen LogP contribution in [-0.2, 0) is 6.54 Å². The normalized spacial score (nSPS) is 18.8. The van der Waals surface area contributed by atoms with Crippen LogP contribution in [0.2, 0.25) is 0 Å². The number of fused-ring (bicyclic) bond motifs is 1. The van der Waals surface area contributed by atoms with Gasteiger partial charge in [-0.25, -0.2) is 14.2 Å². The maximum atomic E-state index is 13.5. The monoisotopic (exact) mass is 378 g/mol. The molecule has 1 amide bonds. The Morgan fingerprint density at radius 1 is 1.25 bits per heavy atom. The summed E-state index contributed by atoms with van der Waals surface area (Å²) in [5.74, 6) is 0.784. The van der Waals surface area contributed by atoms with Gasteiger partial charge in [-0.15, -0.1) is 0 Å². The zero-order valence-corrected chi connectivity index (χ0v) is 15.4. The van der Waals surface area contributed by atoms with Crippen LogP contribution in [0.4, 0.5) is 20.7 Å². The van der Waals surface area contributed by atoms with Gasteiger partial charge in [0, 0.05) is 24.0 Å². The summed E-state index contributed by atoms with van der Waals surface area (Å²) in [7, 11) is 0. The van der Waals surface area contributed by atoms with Crippen molar-refractivity contribution in [1.82, 2.24) is 19.7 Å². The number of hydrogen-bond acceptors (Lipinski definition) is 5. The Labute approximate surface area is 161 Å². The second-order valence-corrected chi connectivity index (χ2v) is 7.15. The van der Waals surface area contributed by atoms with E-state index < -0.39 is 6.17 Å². The molecule has 0 radical (unpaired) electrons. The van der Waals surface area contributed by atoms with E-state index in [2.05, 4.69) is 15.1 Å². The summed E-state index contributed by atoms with van der Waals surface area (Å²) in [5, 5.41) is 4.51. The van der Waals surface area contributed by atoms with Crippen LogP contribution in [0, 0.1) is 6.92 Å². The van der Waals surface area contributed by atoms with Crippen LogP contribution in [0.1, 0.15) is 17.8 Å². The molecular formula is C20H19FN6O. The first kappa shape index (κ1) is 16.9. The van der Waals surface area contributed by atoms with Crippen molar-refractivity contribution in [3.63, 3.8) is 0 Å². The lowest BCUT2D eigenvalue weighted by Gasteiger charge is -2.17. The van der Waals surface area contributed by atoms with E-state index in [0.29, 0.717) is 26.1 Å². The lowest BCUT2D eigenvalue weighted by Crippen LogP contribution is -2.26. The standard InChI is InChI=1S/C20H19FN6O/c1-13-17(4-5-19(23-13)25-8-6-14(21)11-25)18-9-16-12-26(20(28)27(16)24-18)15-3-2-7-22-10-15/h2-5,7,9-10,14H,6,8,11-12H2,1H3/t14-/m1/s1. The summed E-state index contributed by atoms with van der Waals surface area (Å²) in [5.41, 5.74) is 3.98. The van der Waals surface area contributed by atoms with Gasteiger partial charge in [0.15, 0.2) is 0 Å². The number of amides is 1. The van der Waals surface area contributed by atoms with Gasteiger partial charge in [-0.1, -0.05) is 0 Å². The van der Waals surface area contributed by atoms with E-state index in [-0.39, 0.29) is 6.03 Å². The molecule has 5 heterocycles. The summed E-state index contributed by atoms with van der Waals surface area (Å²) >= 11 is 0. The minimum Gasteiger partial charge on any atom is -0.354 e. The maximum Gasteiger partial charge on any atom is 0.349 e. The number of anilines is 2. The van der Waals surface area contributed by atoms with Crippen molar-refractivity contribution in [2.24, 2.45) is 0 Å². The minimum atomic E-state index is -0.785. The van der Waals surface area contributed by atoms with Gasteiger partial charge >= 0.3 is 6.03 Å². The van der Waals surface area contributed by atoms with Gasteiger partial charge in [-0.05, 0) is 43.7 Å². The van der Waals surface area contributed by atoms with Crippen molar-refractivity contribution < 1.29 is 9.18 Å². The van der Waals surface area contributed by atoms with Crippen molar-refractivity contribution in [3.8, 4) is 11.3 Å². The molecule has 5 rings (SSSR count). The van der Waals surface area contributed by atoms with E-state index in [1.807, 2.05) is 36.1 Å². The third-order valence-corrected chi connectivity index (χ3v) is 5.27. The molecule has 0 N–H and O–H groups in total. The number of hydrogen-bond donors (Lipinski definition) is 0. The lowest BCUT2D eigenvalue weighted by atomic mass is 10.1. The molecule has 7 nitrogen and oxygen atoms in total. The van der Waals surface area contributed by atoms with E-state index in [1.54, 1.807) is 23.4 Å². The smallest absolute Gasteiger partial charge is 0.349 e. The largest absolute Gasteiger partial charge is 0.354 e. The average molecular weight is 378 g/mol. The number of carbonyl (C=O) groups is 1. The number of rotatable bonds is 3. The third-order valence-electron chi connectivity index (χ3n) is 5.27. The number of nitrogens with zero attached hydrogens (tertiary/aromatic N) is 6. The molecule has 8 heteroatoms. The number of alkyl halides is 1. The molecule has 0 aliphatic carbocycles. The van der Waals surface area contributed by atoms with Gasteiger partial charge in [0.2, 0.25) is 0 Å². The Hall–Kier alpha value is -3.29. The second-order valence-electron chi connectivity index (χ2n) is 7.15. The number of aryl methyl sites for hydroxylation is 1. The first-order valence-corrected chi connectivity index (χ1v) is 9.28. The van der Waals surface area contributed by atoms with Crippen LogP contribution in [-0.4, -0.2) is 45.0 Å². The Kier molecular flexibility index (Phi) is 3.85. The molecular weight excluding hydrogens is 359 g/mol. The molecule has 28 heavy (non-hydrogen) atoms. The summed E-state index contributed by atoms with van der Waals surface area (Å²) in [6.07, 6.45) is 3.10. The van der Waals surface area contributed by atoms with Gasteiger partial charge in [-0.3, -0.25) is 9.88 Å². The van der Waals surface area contributed by atoms with Crippen molar-refractivity contribution in [2.45, 2.75) is 26.1 Å². The molecule has 2 aliphatic heterocycles. The Morgan fingerprint density at radius 2 is 2.14 bits per heavy atom. The topological polar surface area (TPSA) is 67.2 Å². The summed E-state index contributed by atoms with van der Waals surface area (Å²) in [4.78, 5) is 25.0. The molecule has 0 bridgehead atoms. The van der Waals surface area contributed by atoms with Crippen LogP contribution in [0.25, 0.3) is 11.3 Å². The highest BCUT2D eigenvalue weighted by Gasteiger charge is 2.31. The third kappa shape index (κ3) is 2.72. The van der Waals surface area contributed by atoms with Crippen LogP contribution < -0.4 is 9.80 Å². The van der Waals surface area contributed by atoms with Crippen LogP contribution >= 0.6 is 0 Å². The molecule has 0 saturated carbocycles. The molecule has 0 spiro atoms. The molecule has 1 fully saturated rings. The van der Waals surface area contributed by atoms with Crippen molar-refractivity contribution >= 4 is 17.5 Å². The first-order valence-electron chi connectivity index (χ1n) is 9.28. The molecule has 0 aromatic carbocycles. The van der Waals surface area contributed by atoms with Crippen molar-refractivity contribution in [3.05, 3.63) is 54.1 Å². The van der Waals surface area contributed by atoms with Gasteiger partial charge in [0.1, 0.15) is 12.0 Å². The molecule has 1 atom stereocenters. The van der Waals surface area contributed by atoms with E-state index in [4.69, 9.17) is 0 Å². The van der Waals surface area contributed by atoms with Gasteiger partial charge in [0.05, 0.1) is 36.4 Å². The highest BCUT2D eigenvalue weighted by molar-refractivity contribution is 5.96. The van der Waals surface area contributed by atoms with Gasteiger partial charge < -0.3 is 4.90 Å². The SMILES string of the molecule is Cc1nc(N2CC[C@@H](F)C2)ccc1-c1cc2n(n1)C(=O)N(c1cccnc1)C2. The van der Waals surface area contributed by atoms with E-state index in [0.717, 1.165) is 34.2 Å². The predicted octanol–water partition coefficient (Wildman–Crippen LogP) is 3.19. The van der Waals surface area contributed by atoms with Crippen LogP contribution in [0.5, 0.6) is 0 Å². The quantitative estimate of drug-likeness (QED) is 0.700. The molecule has 1 saturated heterocycles. The summed E-state index contributed by atoms with van der Waals surface area (Å²) in [6.45, 7) is 3.44. The zero-order valence-electron chi connectivity index (χ0n) is 15.4. The molecule has 142 valence electrons. The fourth-order valence-corrected chi connectivity index (χ4v) is 3.81. The van der Waals surface area contributed by atoms with E-state index in [9.17, 15) is 9.18 Å². The first-order chi connectivity index (χ1) is 13.6. The Morgan fingerprint density at radius 3 is 2.82 bits per heavy atom. The zero-order chi connectivity index (χ0) is 19.3. The molecule has 2 aliphatic rings. The van der Waals surface area contributed by atoms with Crippen LogP contribution in [0.3, 0.4) is 0 Å². The fourth-order valence-electron chi connectivity index (χ4n) is 3.81. The summed E-state index contributed by atoms with van der Waals surface area (Å²) in [6, 6.07) is 9.23. The minimum absolute atomic E-state index is 0.192. The lowest BCUT2D eigenvalue weighted by molar-refractivity contribution is 0.248. The summed E-state index contributed by atoms with van der Waals surface area (Å²) < 4.78 is 14.9. The van der Waals surface area contributed by atoms with Gasteiger partial charge in [0.25, 0.3) is 0 Å². The highest BCUT2D eigenvalue weighted by atomic mass is 19.1. The maximum absolute atomic E-state index is 13.5. The number of aromatic nitrogens is 4. The average Bonchev–Trinajstić information content (AvgIpc) is 3.39. The Balaban J connectivity index is 1.41. The van der Waals surface area contributed by atoms with Crippen LogP contribution in [0.15, 0.2) is 42.7 Å². The number of pyridine rings is 2. The number of halogens is 1. The van der Waals surface area contributed by atoms with Crippen molar-refractivity contribution in [2.75, 3.05) is 22.9 Å². The van der Waals surface area contributed by atoms with Gasteiger partial charge in [-0.2, -0.15) is 9.78 Å². The predicted molar refractivity (Wildman–Crippen MR) is 103 cm³/mol. The molecule has 3 aromatic rings. The molecule has 0 unspecified atom stereocenters. The fraction of sp³-hybridized carbons (Fsp3) is 0.300. The second kappa shape index (κ2) is 6.40. The highest BCUT2D eigenvalue weighted by Crippen LogP contribution is 2.30. The van der Waals surface area contributed by atoms with Crippen molar-refractivity contribution in [1.29, 1.82) is 0 Å².